The van der Waals surface area contributed by atoms with Gasteiger partial charge in [0.15, 0.2) is 0 Å². The zero-order valence-corrected chi connectivity index (χ0v) is 9.62. The van der Waals surface area contributed by atoms with Crippen molar-refractivity contribution >= 4 is 18.6 Å². The van der Waals surface area contributed by atoms with Crippen LogP contribution in [-0.2, 0) is 14.3 Å². The molecule has 0 fully saturated rings. The molecule has 0 spiro atoms. The Kier molecular flexibility index (Phi) is 2.54. The van der Waals surface area contributed by atoms with E-state index < -0.39 is 14.2 Å². The van der Waals surface area contributed by atoms with Gasteiger partial charge in [-0.1, -0.05) is 0 Å². The molecule has 1 heterocycles. The number of benzene rings is 1. The zero-order chi connectivity index (χ0) is 10.1. The van der Waals surface area contributed by atoms with Crippen molar-refractivity contribution in [2.75, 3.05) is 14.2 Å². The third kappa shape index (κ3) is 1.43. The summed E-state index contributed by atoms with van der Waals surface area (Å²) in [7, 11) is 3.13. The van der Waals surface area contributed by atoms with E-state index in [2.05, 4.69) is 0 Å². The summed E-state index contributed by atoms with van der Waals surface area (Å²) in [6.45, 7) is 0.407. The molecule has 0 saturated carbocycles. The van der Waals surface area contributed by atoms with Crippen molar-refractivity contribution in [2.24, 2.45) is 0 Å². The summed E-state index contributed by atoms with van der Waals surface area (Å²) in [6.07, 6.45) is 0. The second kappa shape index (κ2) is 3.69. The van der Waals surface area contributed by atoms with Gasteiger partial charge in [-0.3, -0.25) is 0 Å². The molecule has 1 atom stereocenters. The second-order valence-electron chi connectivity index (χ2n) is 2.81. The molecule has 0 radical (unpaired) electrons. The summed E-state index contributed by atoms with van der Waals surface area (Å²) in [5.41, 5.74) is 0.933. The minimum atomic E-state index is -2.27. The van der Waals surface area contributed by atoms with Crippen LogP contribution in [0.3, 0.4) is 0 Å². The van der Waals surface area contributed by atoms with Crippen molar-refractivity contribution in [3.63, 3.8) is 0 Å². The van der Waals surface area contributed by atoms with Gasteiger partial charge in [-0.15, -0.1) is 0 Å². The van der Waals surface area contributed by atoms with E-state index in [0.717, 1.165) is 10.0 Å². The summed E-state index contributed by atoms with van der Waals surface area (Å²) in [5, 5.41) is 0. The topological polar surface area (TPSA) is 44.8 Å². The molecule has 0 N–H and O–H groups in total. The quantitative estimate of drug-likeness (QED) is 0.721. The Morgan fingerprint density at radius 2 is 1.93 bits per heavy atom. The Labute approximate surface area is 86.2 Å². The van der Waals surface area contributed by atoms with Gasteiger partial charge < -0.3 is 0 Å². The standard InChI is InChI=1S/C9H10O4Se/c1-11-7-3-6-5-13-14(10)9(6)4-8(7)12-2/h3-4H,5H2,1-2H3. The fourth-order valence-electron chi connectivity index (χ4n) is 1.35. The van der Waals surface area contributed by atoms with Crippen LogP contribution in [0.1, 0.15) is 5.56 Å². The van der Waals surface area contributed by atoms with Crippen LogP contribution in [0.5, 0.6) is 11.5 Å². The Bertz CT molecular complexity index is 389. The van der Waals surface area contributed by atoms with Gasteiger partial charge in [0.2, 0.25) is 0 Å². The van der Waals surface area contributed by atoms with Crippen molar-refractivity contribution < 1.29 is 17.1 Å². The van der Waals surface area contributed by atoms with Gasteiger partial charge in [0.05, 0.1) is 0 Å². The second-order valence-corrected chi connectivity index (χ2v) is 5.21. The molecule has 0 bridgehead atoms. The number of fused-ring (bicyclic) bond motifs is 1. The first-order valence-electron chi connectivity index (χ1n) is 4.06. The molecule has 14 heavy (non-hydrogen) atoms. The van der Waals surface area contributed by atoms with Gasteiger partial charge in [-0.2, -0.15) is 0 Å². The van der Waals surface area contributed by atoms with Crippen molar-refractivity contribution in [1.29, 1.82) is 0 Å². The van der Waals surface area contributed by atoms with Crippen LogP contribution < -0.4 is 13.9 Å². The van der Waals surface area contributed by atoms with Crippen molar-refractivity contribution in [3.05, 3.63) is 17.7 Å². The molecule has 1 aliphatic heterocycles. The summed E-state index contributed by atoms with van der Waals surface area (Å²) in [4.78, 5) is 0. The first-order chi connectivity index (χ1) is 6.76. The molecule has 1 unspecified atom stereocenters. The van der Waals surface area contributed by atoms with Crippen LogP contribution >= 0.6 is 0 Å². The predicted octanol–water partition coefficient (Wildman–Crippen LogP) is 0.360. The third-order valence-electron chi connectivity index (χ3n) is 2.07. The van der Waals surface area contributed by atoms with E-state index in [1.165, 1.54) is 0 Å². The van der Waals surface area contributed by atoms with Gasteiger partial charge in [-0.25, -0.2) is 0 Å². The summed E-state index contributed by atoms with van der Waals surface area (Å²) < 4.78 is 27.5. The average Bonchev–Trinajstić information content (AvgIpc) is 2.58. The van der Waals surface area contributed by atoms with E-state index in [1.54, 1.807) is 20.3 Å². The molecule has 0 aromatic heterocycles. The van der Waals surface area contributed by atoms with Gasteiger partial charge in [0.25, 0.3) is 0 Å². The molecule has 2 rings (SSSR count). The van der Waals surface area contributed by atoms with E-state index in [-0.39, 0.29) is 0 Å². The first-order valence-corrected chi connectivity index (χ1v) is 6.31. The first kappa shape index (κ1) is 9.65. The maximum absolute atomic E-state index is 11.4. The SMILES string of the molecule is COc1cc2c(cc1OC)[Se](=O)OC2. The van der Waals surface area contributed by atoms with Crippen LogP contribution in [0.2, 0.25) is 0 Å². The summed E-state index contributed by atoms with van der Waals surface area (Å²) in [6, 6.07) is 3.55. The fourth-order valence-corrected chi connectivity index (χ4v) is 3.23. The Morgan fingerprint density at radius 1 is 1.29 bits per heavy atom. The van der Waals surface area contributed by atoms with Crippen molar-refractivity contribution in [2.45, 2.75) is 6.61 Å². The van der Waals surface area contributed by atoms with E-state index in [0.29, 0.717) is 18.1 Å². The molecule has 1 aromatic carbocycles. The Balaban J connectivity index is 2.54. The Morgan fingerprint density at radius 3 is 2.57 bits per heavy atom. The van der Waals surface area contributed by atoms with Crippen molar-refractivity contribution in [3.8, 4) is 11.5 Å². The fraction of sp³-hybridized carbons (Fsp3) is 0.333. The molecular formula is C9H10O4Se. The van der Waals surface area contributed by atoms with E-state index in [1.807, 2.05) is 6.07 Å². The van der Waals surface area contributed by atoms with Gasteiger partial charge in [0.1, 0.15) is 0 Å². The monoisotopic (exact) mass is 262 g/mol. The predicted molar refractivity (Wildman–Crippen MR) is 50.4 cm³/mol. The van der Waals surface area contributed by atoms with Gasteiger partial charge >= 0.3 is 85.8 Å². The summed E-state index contributed by atoms with van der Waals surface area (Å²) >= 11 is -2.27. The third-order valence-corrected chi connectivity index (χ3v) is 4.31. The molecule has 76 valence electrons. The number of ether oxygens (including phenoxy) is 2. The summed E-state index contributed by atoms with van der Waals surface area (Å²) in [5.74, 6) is 1.25. The molecule has 0 aliphatic carbocycles. The van der Waals surface area contributed by atoms with Crippen LogP contribution in [-0.4, -0.2) is 28.4 Å². The normalized spacial score (nSPS) is 19.1. The van der Waals surface area contributed by atoms with Crippen LogP contribution in [0.15, 0.2) is 12.1 Å². The molecular weight excluding hydrogens is 251 g/mol. The molecule has 0 amide bonds. The Hall–Kier alpha value is -0.901. The van der Waals surface area contributed by atoms with Crippen molar-refractivity contribution in [1.82, 2.24) is 0 Å². The molecule has 4 nitrogen and oxygen atoms in total. The average molecular weight is 261 g/mol. The number of rotatable bonds is 2. The van der Waals surface area contributed by atoms with E-state index in [9.17, 15) is 3.83 Å². The van der Waals surface area contributed by atoms with E-state index >= 15 is 0 Å². The minimum absolute atomic E-state index is 0.407. The molecule has 1 aliphatic rings. The van der Waals surface area contributed by atoms with Gasteiger partial charge in [0, 0.05) is 0 Å². The van der Waals surface area contributed by atoms with Crippen LogP contribution in [0.25, 0.3) is 0 Å². The van der Waals surface area contributed by atoms with Gasteiger partial charge in [-0.05, 0) is 0 Å². The van der Waals surface area contributed by atoms with Crippen LogP contribution in [0.4, 0.5) is 0 Å². The number of methoxy groups -OCH3 is 2. The molecule has 5 heteroatoms. The molecule has 0 saturated heterocycles. The number of hydrogen-bond acceptors (Lipinski definition) is 4. The maximum atomic E-state index is 11.4. The number of hydrogen-bond donors (Lipinski definition) is 0. The van der Waals surface area contributed by atoms with Crippen LogP contribution in [0, 0.1) is 0 Å². The van der Waals surface area contributed by atoms with E-state index in [4.69, 9.17) is 13.3 Å². The zero-order valence-electron chi connectivity index (χ0n) is 7.90. The molecule has 1 aromatic rings.